The number of ether oxygens (including phenoxy) is 2. The number of carbonyl (C=O) groups excluding carboxylic acids is 1. The quantitative estimate of drug-likeness (QED) is 0.244. The fourth-order valence-corrected chi connectivity index (χ4v) is 4.98. The molecular formula is C21H19BrN2O3S3. The van der Waals surface area contributed by atoms with Crippen LogP contribution in [0.3, 0.4) is 0 Å². The van der Waals surface area contributed by atoms with Crippen LogP contribution in [-0.4, -0.2) is 21.9 Å². The van der Waals surface area contributed by atoms with Crippen LogP contribution in [-0.2, 0) is 0 Å². The van der Waals surface area contributed by atoms with Crippen LogP contribution in [0.4, 0.5) is 0 Å². The lowest BCUT2D eigenvalue weighted by atomic mass is 10.3. The normalized spacial score (nSPS) is 10.4. The summed E-state index contributed by atoms with van der Waals surface area (Å²) in [6.45, 7) is 5.57. The molecule has 0 amide bonds. The van der Waals surface area contributed by atoms with Gasteiger partial charge in [-0.2, -0.15) is 0 Å². The highest BCUT2D eigenvalue weighted by atomic mass is 79.9. The average Bonchev–Trinajstić information content (AvgIpc) is 3.45. The summed E-state index contributed by atoms with van der Waals surface area (Å²) in [7, 11) is 0. The molecule has 0 radical (unpaired) electrons. The van der Waals surface area contributed by atoms with Gasteiger partial charge in [0.15, 0.2) is 5.78 Å². The lowest BCUT2D eigenvalue weighted by Crippen LogP contribution is -2.05. The second-order valence-electron chi connectivity index (χ2n) is 6.23. The van der Waals surface area contributed by atoms with Crippen molar-refractivity contribution in [1.82, 2.24) is 9.97 Å². The molecule has 0 saturated heterocycles. The highest BCUT2D eigenvalue weighted by molar-refractivity contribution is 9.11. The molecule has 0 fully saturated rings. The summed E-state index contributed by atoms with van der Waals surface area (Å²) in [6, 6.07) is 11.2. The molecule has 3 aromatic heterocycles. The molecule has 156 valence electrons. The predicted octanol–water partition coefficient (Wildman–Crippen LogP) is 7.56. The van der Waals surface area contributed by atoms with Gasteiger partial charge in [-0.05, 0) is 73.1 Å². The molecule has 0 aliphatic rings. The van der Waals surface area contributed by atoms with E-state index >= 15 is 0 Å². The van der Waals surface area contributed by atoms with E-state index < -0.39 is 0 Å². The predicted molar refractivity (Wildman–Crippen MR) is 128 cm³/mol. The van der Waals surface area contributed by atoms with E-state index in [9.17, 15) is 4.79 Å². The maximum absolute atomic E-state index is 10.6. The lowest BCUT2D eigenvalue weighted by Gasteiger charge is -2.09. The van der Waals surface area contributed by atoms with Crippen molar-refractivity contribution in [2.45, 2.75) is 26.9 Å². The fourth-order valence-electron chi connectivity index (χ4n) is 2.21. The first-order valence-electron chi connectivity index (χ1n) is 8.97. The van der Waals surface area contributed by atoms with Gasteiger partial charge < -0.3 is 9.47 Å². The van der Waals surface area contributed by atoms with Gasteiger partial charge in [-0.15, -0.1) is 22.7 Å². The van der Waals surface area contributed by atoms with Gasteiger partial charge >= 0.3 is 0 Å². The third-order valence-electron chi connectivity index (χ3n) is 3.45. The molecule has 0 N–H and O–H groups in total. The van der Waals surface area contributed by atoms with Gasteiger partial charge in [0.1, 0.15) is 16.5 Å². The zero-order valence-corrected chi connectivity index (χ0v) is 20.5. The van der Waals surface area contributed by atoms with Crippen LogP contribution in [0.5, 0.6) is 16.7 Å². The molecular weight excluding hydrogens is 504 g/mol. The van der Waals surface area contributed by atoms with Gasteiger partial charge in [0.25, 0.3) is 5.19 Å². The van der Waals surface area contributed by atoms with Crippen LogP contribution < -0.4 is 9.47 Å². The molecule has 0 spiro atoms. The summed E-state index contributed by atoms with van der Waals surface area (Å²) < 4.78 is 12.3. The van der Waals surface area contributed by atoms with Gasteiger partial charge in [0.2, 0.25) is 0 Å². The van der Waals surface area contributed by atoms with Crippen molar-refractivity contribution < 1.29 is 14.3 Å². The first-order chi connectivity index (χ1) is 14.4. The Kier molecular flexibility index (Phi) is 8.15. The molecule has 0 atom stereocenters. The highest BCUT2D eigenvalue weighted by Gasteiger charge is 2.08. The Balaban J connectivity index is 0.000000239. The molecule has 4 rings (SSSR count). The first kappa shape index (κ1) is 22.6. The number of hydrogen-bond acceptors (Lipinski definition) is 8. The zero-order chi connectivity index (χ0) is 21.5. The van der Waals surface area contributed by atoms with E-state index in [2.05, 4.69) is 25.9 Å². The Labute approximate surface area is 195 Å². The number of nitrogens with zero attached hydrogens (tertiary/aromatic N) is 2. The van der Waals surface area contributed by atoms with Crippen molar-refractivity contribution in [1.29, 1.82) is 0 Å². The number of rotatable bonds is 6. The summed E-state index contributed by atoms with van der Waals surface area (Å²) in [5.74, 6) is 1.71. The number of carbonyl (C=O) groups is 1. The van der Waals surface area contributed by atoms with Crippen LogP contribution in [0.2, 0.25) is 0 Å². The summed E-state index contributed by atoms with van der Waals surface area (Å²) in [6.07, 6.45) is 3.74. The van der Waals surface area contributed by atoms with Crippen molar-refractivity contribution in [3.8, 4) is 26.6 Å². The van der Waals surface area contributed by atoms with Crippen molar-refractivity contribution >= 4 is 55.7 Å². The maximum atomic E-state index is 10.6. The molecule has 0 saturated carbocycles. The monoisotopic (exact) mass is 522 g/mol. The number of ketones is 1. The van der Waals surface area contributed by atoms with Crippen molar-refractivity contribution in [3.63, 3.8) is 0 Å². The average molecular weight is 523 g/mol. The third kappa shape index (κ3) is 6.73. The number of halogens is 1. The van der Waals surface area contributed by atoms with E-state index in [1.54, 1.807) is 30.7 Å². The van der Waals surface area contributed by atoms with Gasteiger partial charge in [-0.3, -0.25) is 4.79 Å². The van der Waals surface area contributed by atoms with Gasteiger partial charge in [0.05, 0.1) is 25.8 Å². The Bertz CT molecular complexity index is 1070. The molecule has 0 aliphatic heterocycles. The largest absolute Gasteiger partial charge is 0.491 e. The molecule has 9 heteroatoms. The maximum Gasteiger partial charge on any atom is 0.279 e. The van der Waals surface area contributed by atoms with Crippen LogP contribution in [0, 0.1) is 0 Å². The number of aromatic nitrogens is 2. The minimum Gasteiger partial charge on any atom is -0.491 e. The third-order valence-corrected chi connectivity index (χ3v) is 6.99. The van der Waals surface area contributed by atoms with E-state index in [1.807, 2.05) is 55.6 Å². The number of Topliss-reactive ketones (excluding diaryl/α,β-unsaturated/α-hetero) is 1. The number of hydrogen-bond donors (Lipinski definition) is 0. The molecule has 0 aliphatic carbocycles. The van der Waals surface area contributed by atoms with Crippen LogP contribution in [0.25, 0.3) is 9.88 Å². The smallest absolute Gasteiger partial charge is 0.279 e. The second kappa shape index (κ2) is 10.8. The molecule has 0 bridgehead atoms. The minimum atomic E-state index is 0.130. The molecule has 5 nitrogen and oxygen atoms in total. The van der Waals surface area contributed by atoms with E-state index in [4.69, 9.17) is 9.47 Å². The molecule has 3 heterocycles. The van der Waals surface area contributed by atoms with Crippen LogP contribution >= 0.6 is 49.9 Å². The molecule has 30 heavy (non-hydrogen) atoms. The Morgan fingerprint density at radius 2 is 1.77 bits per heavy atom. The summed E-state index contributed by atoms with van der Waals surface area (Å²) in [5.41, 5.74) is 0. The van der Waals surface area contributed by atoms with Crippen LogP contribution in [0.15, 0.2) is 58.0 Å². The number of thiazole rings is 2. The van der Waals surface area contributed by atoms with E-state index in [0.717, 1.165) is 30.0 Å². The van der Waals surface area contributed by atoms with Gasteiger partial charge in [-0.1, -0.05) is 11.3 Å². The van der Waals surface area contributed by atoms with Crippen molar-refractivity contribution in [2.24, 2.45) is 0 Å². The molecule has 1 aromatic carbocycles. The van der Waals surface area contributed by atoms with Gasteiger partial charge in [0, 0.05) is 11.6 Å². The summed E-state index contributed by atoms with van der Waals surface area (Å²) >= 11 is 7.80. The Morgan fingerprint density at radius 1 is 1.03 bits per heavy atom. The van der Waals surface area contributed by atoms with E-state index in [-0.39, 0.29) is 11.9 Å². The van der Waals surface area contributed by atoms with E-state index in [1.165, 1.54) is 22.7 Å². The molecule has 4 aromatic rings. The Morgan fingerprint density at radius 3 is 2.30 bits per heavy atom. The first-order valence-corrected chi connectivity index (χ1v) is 12.3. The highest BCUT2D eigenvalue weighted by Crippen LogP contribution is 2.34. The SMILES string of the molecule is CC(=O)c1ccc(Br)s1.CC(C)Oc1ccc(Oc2ncc(-c3nccs3)s2)cc1. The Hall–Kier alpha value is -2.07. The minimum absolute atomic E-state index is 0.130. The van der Waals surface area contributed by atoms with Crippen molar-refractivity contribution in [2.75, 3.05) is 0 Å². The number of thiophene rings is 1. The van der Waals surface area contributed by atoms with Crippen LogP contribution in [0.1, 0.15) is 30.4 Å². The van der Waals surface area contributed by atoms with Gasteiger partial charge in [-0.25, -0.2) is 9.97 Å². The number of benzene rings is 1. The zero-order valence-electron chi connectivity index (χ0n) is 16.5. The lowest BCUT2D eigenvalue weighted by molar-refractivity contribution is 0.102. The fraction of sp³-hybridized carbons (Fsp3) is 0.190. The van der Waals surface area contributed by atoms with E-state index in [0.29, 0.717) is 5.19 Å². The van der Waals surface area contributed by atoms with Crippen molar-refractivity contribution in [3.05, 3.63) is 62.8 Å². The standard InChI is InChI=1S/C15H14N2O2S2.C6H5BrOS/c1-10(2)18-11-3-5-12(6-4-11)19-15-17-9-13(21-15)14-16-7-8-20-14;1-4(8)5-2-3-6(7)9-5/h3-10H,1-2H3;2-3H,1H3. The summed E-state index contributed by atoms with van der Waals surface area (Å²) in [5, 5.41) is 3.52. The topological polar surface area (TPSA) is 61.3 Å². The summed E-state index contributed by atoms with van der Waals surface area (Å²) in [4.78, 5) is 21.0. The molecule has 0 unspecified atom stereocenters. The second-order valence-corrected chi connectivity index (χ2v) is 10.6.